The van der Waals surface area contributed by atoms with E-state index in [0.29, 0.717) is 10.6 Å². The van der Waals surface area contributed by atoms with Crippen molar-refractivity contribution in [2.75, 3.05) is 7.05 Å². The second kappa shape index (κ2) is 2.70. The Morgan fingerprint density at radius 2 is 2.23 bits per heavy atom. The van der Waals surface area contributed by atoms with Crippen molar-refractivity contribution in [3.8, 4) is 0 Å². The first kappa shape index (κ1) is 8.50. The third-order valence-electron chi connectivity index (χ3n) is 2.11. The quantitative estimate of drug-likeness (QED) is 0.563. The molecule has 1 amide bonds. The third-order valence-corrected chi connectivity index (χ3v) is 2.94. The van der Waals surface area contributed by atoms with Crippen LogP contribution in [0.4, 0.5) is 0 Å². The molecular formula is C8H8N2O2S. The van der Waals surface area contributed by atoms with Crippen LogP contribution in [0.15, 0.2) is 16.6 Å². The molecule has 0 fully saturated rings. The minimum Gasteiger partial charge on any atom is -0.320 e. The molecule has 4 nitrogen and oxygen atoms in total. The Labute approximate surface area is 79.7 Å². The Morgan fingerprint density at radius 1 is 1.54 bits per heavy atom. The molecule has 2 rings (SSSR count). The minimum atomic E-state index is -0.168. The van der Waals surface area contributed by atoms with Crippen molar-refractivity contribution in [3.63, 3.8) is 0 Å². The highest BCUT2D eigenvalue weighted by atomic mass is 32.2. The summed E-state index contributed by atoms with van der Waals surface area (Å²) in [6.45, 7) is 1.82. The van der Waals surface area contributed by atoms with Crippen LogP contribution in [0.5, 0.6) is 0 Å². The average Bonchev–Trinajstić information content (AvgIpc) is 2.42. The molecule has 0 radical (unpaired) electrons. The van der Waals surface area contributed by atoms with Crippen LogP contribution in [-0.2, 0) is 9.59 Å². The number of thioether (sulfide) groups is 1. The fourth-order valence-electron chi connectivity index (χ4n) is 1.22. The number of fused-ring (bicyclic) bond motifs is 1. The van der Waals surface area contributed by atoms with Crippen LogP contribution in [0.25, 0.3) is 0 Å². The van der Waals surface area contributed by atoms with Crippen LogP contribution >= 0.6 is 11.8 Å². The predicted molar refractivity (Wildman–Crippen MR) is 50.3 cm³/mol. The van der Waals surface area contributed by atoms with Gasteiger partial charge in [0.2, 0.25) is 5.12 Å². The van der Waals surface area contributed by atoms with Crippen LogP contribution in [0.3, 0.4) is 0 Å². The summed E-state index contributed by atoms with van der Waals surface area (Å²) in [6.07, 6.45) is 1.19. The maximum Gasteiger partial charge on any atom is 0.258 e. The van der Waals surface area contributed by atoms with Gasteiger partial charge in [-0.2, -0.15) is 0 Å². The molecule has 1 unspecified atom stereocenters. The molecule has 13 heavy (non-hydrogen) atoms. The highest BCUT2D eigenvalue weighted by molar-refractivity contribution is 8.27. The summed E-state index contributed by atoms with van der Waals surface area (Å²) in [6, 6.07) is 0. The summed E-state index contributed by atoms with van der Waals surface area (Å²) in [7, 11) is 1.68. The normalized spacial score (nSPS) is 27.2. The first-order chi connectivity index (χ1) is 6.09. The molecule has 0 saturated heterocycles. The van der Waals surface area contributed by atoms with Gasteiger partial charge in [0, 0.05) is 13.1 Å². The molecule has 0 spiro atoms. The Balaban J connectivity index is 2.47. The number of aliphatic imine (C=N–C) groups is 1. The van der Waals surface area contributed by atoms with Gasteiger partial charge < -0.3 is 4.90 Å². The van der Waals surface area contributed by atoms with E-state index in [1.54, 1.807) is 7.05 Å². The zero-order valence-electron chi connectivity index (χ0n) is 7.27. The van der Waals surface area contributed by atoms with E-state index in [1.807, 2.05) is 6.92 Å². The van der Waals surface area contributed by atoms with Crippen LogP contribution in [-0.4, -0.2) is 34.2 Å². The van der Waals surface area contributed by atoms with Crippen molar-refractivity contribution >= 4 is 27.8 Å². The second-order valence-corrected chi connectivity index (χ2v) is 3.95. The zero-order valence-corrected chi connectivity index (χ0v) is 8.09. The van der Waals surface area contributed by atoms with E-state index in [2.05, 4.69) is 4.99 Å². The molecule has 0 aromatic heterocycles. The van der Waals surface area contributed by atoms with Crippen molar-refractivity contribution in [1.82, 2.24) is 4.90 Å². The van der Waals surface area contributed by atoms with E-state index in [-0.39, 0.29) is 17.2 Å². The molecule has 0 N–H and O–H groups in total. The molecule has 5 heteroatoms. The smallest absolute Gasteiger partial charge is 0.258 e. The largest absolute Gasteiger partial charge is 0.320 e. The van der Waals surface area contributed by atoms with Crippen molar-refractivity contribution < 1.29 is 9.59 Å². The number of nitrogens with zero attached hydrogens (tertiary/aromatic N) is 2. The van der Waals surface area contributed by atoms with Gasteiger partial charge in [-0.05, 0) is 18.7 Å². The number of likely N-dealkylation sites (N-methyl/N-ethyl adjacent to an activating group) is 1. The number of carbonyl (C=O) groups is 2. The van der Waals surface area contributed by atoms with E-state index in [0.717, 1.165) is 11.8 Å². The molecule has 0 aromatic rings. The Morgan fingerprint density at radius 3 is 2.92 bits per heavy atom. The maximum absolute atomic E-state index is 11.6. The fourth-order valence-corrected chi connectivity index (χ4v) is 2.05. The zero-order chi connectivity index (χ0) is 9.59. The van der Waals surface area contributed by atoms with Gasteiger partial charge >= 0.3 is 0 Å². The summed E-state index contributed by atoms with van der Waals surface area (Å²) in [5, 5.41) is 0.463. The van der Waals surface area contributed by atoms with Crippen LogP contribution in [0.2, 0.25) is 0 Å². The van der Waals surface area contributed by atoms with Gasteiger partial charge in [0.15, 0.2) is 0 Å². The molecular weight excluding hydrogens is 188 g/mol. The van der Waals surface area contributed by atoms with Crippen molar-refractivity contribution in [1.29, 1.82) is 0 Å². The highest BCUT2D eigenvalue weighted by Gasteiger charge is 2.34. The number of hydrogen-bond donors (Lipinski definition) is 0. The van der Waals surface area contributed by atoms with Gasteiger partial charge in [-0.25, -0.2) is 0 Å². The Bertz CT molecular complexity index is 359. The number of hydrogen-bond acceptors (Lipinski definition) is 4. The lowest BCUT2D eigenvalue weighted by molar-refractivity contribution is -0.127. The summed E-state index contributed by atoms with van der Waals surface area (Å²) in [5.74, 6) is -0.115. The second-order valence-electron chi connectivity index (χ2n) is 2.96. The molecule has 0 saturated carbocycles. The monoisotopic (exact) mass is 196 g/mol. The lowest BCUT2D eigenvalue weighted by Crippen LogP contribution is -2.40. The molecule has 2 aliphatic rings. The first-order valence-electron chi connectivity index (χ1n) is 3.88. The molecule has 68 valence electrons. The van der Waals surface area contributed by atoms with Crippen LogP contribution < -0.4 is 0 Å². The standard InChI is InChI=1S/C8H8N2O2S/c1-4-9-7-5(3-6(11)13-7)8(12)10(4)2/h3-4H,1-2H3. The van der Waals surface area contributed by atoms with E-state index < -0.39 is 0 Å². The lowest BCUT2D eigenvalue weighted by atomic mass is 10.2. The molecule has 1 atom stereocenters. The number of rotatable bonds is 0. The average molecular weight is 196 g/mol. The van der Waals surface area contributed by atoms with Crippen LogP contribution in [0.1, 0.15) is 6.92 Å². The molecule has 0 bridgehead atoms. The van der Waals surface area contributed by atoms with E-state index >= 15 is 0 Å². The molecule has 0 aliphatic carbocycles. The first-order valence-corrected chi connectivity index (χ1v) is 4.70. The maximum atomic E-state index is 11.6. The molecule has 2 heterocycles. The summed E-state index contributed by atoms with van der Waals surface area (Å²) >= 11 is 1.03. The van der Waals surface area contributed by atoms with E-state index in [4.69, 9.17) is 0 Å². The van der Waals surface area contributed by atoms with Gasteiger partial charge in [0.25, 0.3) is 5.91 Å². The summed E-state index contributed by atoms with van der Waals surface area (Å²) in [5.41, 5.74) is 0.440. The summed E-state index contributed by atoms with van der Waals surface area (Å²) < 4.78 is 0. The number of carbonyl (C=O) groups excluding carboxylic acids is 2. The SMILES string of the molecule is CC1N=C2SC(=O)C=C2C(=O)N1C. The molecule has 2 aliphatic heterocycles. The van der Waals surface area contributed by atoms with Crippen molar-refractivity contribution in [3.05, 3.63) is 11.6 Å². The summed E-state index contributed by atoms with van der Waals surface area (Å²) in [4.78, 5) is 28.3. The highest BCUT2D eigenvalue weighted by Crippen LogP contribution is 2.28. The number of amides is 1. The predicted octanol–water partition coefficient (Wildman–Crippen LogP) is 0.403. The van der Waals surface area contributed by atoms with Crippen molar-refractivity contribution in [2.45, 2.75) is 13.1 Å². The van der Waals surface area contributed by atoms with Crippen molar-refractivity contribution in [2.24, 2.45) is 4.99 Å². The third kappa shape index (κ3) is 1.19. The Hall–Kier alpha value is -1.10. The van der Waals surface area contributed by atoms with Gasteiger partial charge in [-0.15, -0.1) is 0 Å². The fraction of sp³-hybridized carbons (Fsp3) is 0.375. The Kier molecular flexibility index (Phi) is 1.76. The van der Waals surface area contributed by atoms with Gasteiger partial charge in [0.05, 0.1) is 5.57 Å². The molecule has 0 aromatic carbocycles. The van der Waals surface area contributed by atoms with E-state index in [1.165, 1.54) is 11.0 Å². The van der Waals surface area contributed by atoms with Crippen LogP contribution in [0, 0.1) is 0 Å². The lowest BCUT2D eigenvalue weighted by Gasteiger charge is -2.26. The van der Waals surface area contributed by atoms with Gasteiger partial charge in [-0.1, -0.05) is 0 Å². The van der Waals surface area contributed by atoms with E-state index in [9.17, 15) is 9.59 Å². The van der Waals surface area contributed by atoms with Gasteiger partial charge in [0.1, 0.15) is 11.2 Å². The minimum absolute atomic E-state index is 0.107. The topological polar surface area (TPSA) is 49.7 Å². The van der Waals surface area contributed by atoms with Gasteiger partial charge in [-0.3, -0.25) is 14.6 Å².